The minimum atomic E-state index is 0.385. The minimum absolute atomic E-state index is 0.385. The van der Waals surface area contributed by atoms with Crippen LogP contribution in [0.4, 0.5) is 0 Å². The van der Waals surface area contributed by atoms with Crippen LogP contribution in [0.3, 0.4) is 0 Å². The molecule has 1 rings (SSSR count). The molecule has 0 atom stereocenters. The van der Waals surface area contributed by atoms with Crippen molar-refractivity contribution in [3.05, 3.63) is 35.6 Å². The van der Waals surface area contributed by atoms with Crippen molar-refractivity contribution in [2.75, 3.05) is 7.05 Å². The van der Waals surface area contributed by atoms with E-state index in [0.29, 0.717) is 11.5 Å². The molecule has 4 nitrogen and oxygen atoms in total. The van der Waals surface area contributed by atoms with Crippen LogP contribution in [0.15, 0.2) is 18.6 Å². The molecule has 4 heteroatoms. The maximum Gasteiger partial charge on any atom is 0.151 e. The predicted octanol–water partition coefficient (Wildman–Crippen LogP) is 1.88. The summed E-state index contributed by atoms with van der Waals surface area (Å²) in [6.45, 7) is 5.77. The number of hydrogen-bond donors (Lipinski definition) is 1. The van der Waals surface area contributed by atoms with Crippen LogP contribution in [-0.2, 0) is 0 Å². The molecule has 0 aliphatic rings. The smallest absolute Gasteiger partial charge is 0.151 e. The molecule has 0 aromatic carbocycles. The monoisotopic (exact) mass is 204 g/mol. The maximum absolute atomic E-state index is 7.96. The average Bonchev–Trinajstić information content (AvgIpc) is 2.21. The number of allylic oxidation sites excluding steroid dienone is 1. The van der Waals surface area contributed by atoms with Crippen molar-refractivity contribution in [2.24, 2.45) is 0 Å². The Morgan fingerprint density at radius 2 is 2.07 bits per heavy atom. The normalized spacial score (nSPS) is 10.7. The number of aryl methyl sites for hydroxylation is 1. The van der Waals surface area contributed by atoms with E-state index in [1.807, 2.05) is 40.1 Å². The van der Waals surface area contributed by atoms with Crippen LogP contribution < -0.4 is 0 Å². The van der Waals surface area contributed by atoms with Gasteiger partial charge < -0.3 is 4.90 Å². The molecule has 0 amide bonds. The minimum Gasteiger partial charge on any atom is -0.335 e. The highest BCUT2D eigenvalue weighted by atomic mass is 15.1. The Hall–Kier alpha value is -1.71. The number of hydrogen-bond acceptors (Lipinski definition) is 3. The summed E-state index contributed by atoms with van der Waals surface area (Å²) in [5.74, 6) is 0.385. The van der Waals surface area contributed by atoms with Crippen molar-refractivity contribution in [1.29, 1.82) is 5.41 Å². The van der Waals surface area contributed by atoms with E-state index in [-0.39, 0.29) is 0 Å². The molecule has 0 aliphatic carbocycles. The fraction of sp³-hybridized carbons (Fsp3) is 0.364. The Bertz CT molecular complexity index is 396. The van der Waals surface area contributed by atoms with Crippen molar-refractivity contribution < 1.29 is 0 Å². The Kier molecular flexibility index (Phi) is 3.55. The van der Waals surface area contributed by atoms with E-state index in [1.54, 1.807) is 4.90 Å². The van der Waals surface area contributed by atoms with Crippen LogP contribution in [0.1, 0.15) is 23.9 Å². The van der Waals surface area contributed by atoms with E-state index in [2.05, 4.69) is 9.97 Å². The van der Waals surface area contributed by atoms with E-state index in [4.69, 9.17) is 5.41 Å². The lowest BCUT2D eigenvalue weighted by molar-refractivity contribution is 0.677. The molecule has 0 unspecified atom stereocenters. The molecule has 0 spiro atoms. The van der Waals surface area contributed by atoms with Gasteiger partial charge in [-0.3, -0.25) is 5.41 Å². The zero-order chi connectivity index (χ0) is 11.4. The summed E-state index contributed by atoms with van der Waals surface area (Å²) >= 11 is 0. The number of nitrogens with zero attached hydrogens (tertiary/aromatic N) is 3. The van der Waals surface area contributed by atoms with Gasteiger partial charge >= 0.3 is 0 Å². The van der Waals surface area contributed by atoms with Gasteiger partial charge in [0.1, 0.15) is 12.0 Å². The lowest BCUT2D eigenvalue weighted by Gasteiger charge is -2.16. The fourth-order valence-corrected chi connectivity index (χ4v) is 1.24. The summed E-state index contributed by atoms with van der Waals surface area (Å²) in [5, 5.41) is 7.96. The third kappa shape index (κ3) is 2.40. The van der Waals surface area contributed by atoms with E-state index >= 15 is 0 Å². The number of aromatic nitrogens is 2. The van der Waals surface area contributed by atoms with Crippen LogP contribution in [0.25, 0.3) is 0 Å². The zero-order valence-corrected chi connectivity index (χ0v) is 9.57. The van der Waals surface area contributed by atoms with Gasteiger partial charge in [-0.25, -0.2) is 9.97 Å². The average molecular weight is 204 g/mol. The van der Waals surface area contributed by atoms with E-state index in [1.165, 1.54) is 6.33 Å². The fourth-order valence-electron chi connectivity index (χ4n) is 1.24. The molecule has 0 aliphatic heterocycles. The number of nitrogens with one attached hydrogen (secondary N) is 1. The number of amidine groups is 1. The van der Waals surface area contributed by atoms with Crippen molar-refractivity contribution in [3.8, 4) is 0 Å². The summed E-state index contributed by atoms with van der Waals surface area (Å²) in [6.07, 6.45) is 5.22. The van der Waals surface area contributed by atoms with Gasteiger partial charge in [-0.2, -0.15) is 0 Å². The van der Waals surface area contributed by atoms with Gasteiger partial charge in [-0.05, 0) is 26.3 Å². The highest BCUT2D eigenvalue weighted by Crippen LogP contribution is 2.09. The van der Waals surface area contributed by atoms with Crippen LogP contribution in [0.5, 0.6) is 0 Å². The lowest BCUT2D eigenvalue weighted by Crippen LogP contribution is -2.23. The highest BCUT2D eigenvalue weighted by molar-refractivity contribution is 5.96. The second kappa shape index (κ2) is 4.68. The van der Waals surface area contributed by atoms with E-state index in [9.17, 15) is 0 Å². The summed E-state index contributed by atoms with van der Waals surface area (Å²) in [4.78, 5) is 9.94. The van der Waals surface area contributed by atoms with Crippen molar-refractivity contribution in [2.45, 2.75) is 20.8 Å². The molecule has 1 aromatic rings. The first kappa shape index (κ1) is 11.4. The second-order valence-electron chi connectivity index (χ2n) is 3.37. The first-order valence-corrected chi connectivity index (χ1v) is 4.80. The summed E-state index contributed by atoms with van der Waals surface area (Å²) < 4.78 is 0. The molecule has 15 heavy (non-hydrogen) atoms. The second-order valence-corrected chi connectivity index (χ2v) is 3.37. The molecular formula is C11H16N4. The standard InChI is InChI=1S/C11H16N4/c1-5-6-15(4)11(12)10-8(2)9(3)13-7-14-10/h5-7,12H,1-4H3/b6-5+,12-11?. The van der Waals surface area contributed by atoms with Crippen molar-refractivity contribution in [3.63, 3.8) is 0 Å². The summed E-state index contributed by atoms with van der Waals surface area (Å²) in [6, 6.07) is 0. The zero-order valence-electron chi connectivity index (χ0n) is 9.57. The first-order chi connectivity index (χ1) is 7.07. The topological polar surface area (TPSA) is 52.9 Å². The third-order valence-corrected chi connectivity index (χ3v) is 2.29. The number of rotatable bonds is 2. The Morgan fingerprint density at radius 1 is 1.40 bits per heavy atom. The molecule has 0 bridgehead atoms. The molecule has 0 saturated carbocycles. The van der Waals surface area contributed by atoms with Gasteiger partial charge in [0, 0.05) is 18.9 Å². The molecule has 80 valence electrons. The van der Waals surface area contributed by atoms with Gasteiger partial charge in [0.2, 0.25) is 0 Å². The third-order valence-electron chi connectivity index (χ3n) is 2.29. The first-order valence-electron chi connectivity index (χ1n) is 4.80. The highest BCUT2D eigenvalue weighted by Gasteiger charge is 2.11. The SMILES string of the molecule is C/C=C/N(C)C(=N)c1ncnc(C)c1C. The molecular weight excluding hydrogens is 188 g/mol. The molecule has 0 radical (unpaired) electrons. The molecule has 1 N–H and O–H groups in total. The van der Waals surface area contributed by atoms with Crippen LogP contribution >= 0.6 is 0 Å². The van der Waals surface area contributed by atoms with Crippen LogP contribution in [0.2, 0.25) is 0 Å². The van der Waals surface area contributed by atoms with E-state index in [0.717, 1.165) is 11.3 Å². The van der Waals surface area contributed by atoms with Gasteiger partial charge in [-0.1, -0.05) is 6.08 Å². The Morgan fingerprint density at radius 3 is 2.67 bits per heavy atom. The summed E-state index contributed by atoms with van der Waals surface area (Å²) in [5.41, 5.74) is 2.56. The van der Waals surface area contributed by atoms with Crippen molar-refractivity contribution >= 4 is 5.84 Å². The van der Waals surface area contributed by atoms with Gasteiger partial charge in [0.25, 0.3) is 0 Å². The van der Waals surface area contributed by atoms with Gasteiger partial charge in [-0.15, -0.1) is 0 Å². The summed E-state index contributed by atoms with van der Waals surface area (Å²) in [7, 11) is 1.83. The van der Waals surface area contributed by atoms with Gasteiger partial charge in [0.05, 0.1) is 0 Å². The Labute approximate surface area is 90.2 Å². The van der Waals surface area contributed by atoms with Crippen LogP contribution in [-0.4, -0.2) is 27.8 Å². The molecule has 1 heterocycles. The quantitative estimate of drug-likeness (QED) is 0.591. The Balaban J connectivity index is 3.06. The maximum atomic E-state index is 7.96. The van der Waals surface area contributed by atoms with Gasteiger partial charge in [0.15, 0.2) is 5.84 Å². The van der Waals surface area contributed by atoms with Crippen molar-refractivity contribution in [1.82, 2.24) is 14.9 Å². The van der Waals surface area contributed by atoms with Crippen LogP contribution in [0, 0.1) is 19.3 Å². The molecule has 1 aromatic heterocycles. The molecule has 0 saturated heterocycles. The largest absolute Gasteiger partial charge is 0.335 e. The molecule has 0 fully saturated rings. The lowest BCUT2D eigenvalue weighted by atomic mass is 10.1. The predicted molar refractivity (Wildman–Crippen MR) is 60.9 cm³/mol. The van der Waals surface area contributed by atoms with E-state index < -0.39 is 0 Å².